The Balaban J connectivity index is 1.48. The molecule has 0 N–H and O–H groups in total. The van der Waals surface area contributed by atoms with Crippen molar-refractivity contribution < 1.29 is 8.42 Å². The molecule has 3 aromatic rings. The molecule has 0 spiro atoms. The SMILES string of the molecule is Cc1cccc2nc(CSc3nnc(C[C@H]4CCS(=O)(=O)C4)n3C)cc(=O)n12. The minimum atomic E-state index is -2.90. The van der Waals surface area contributed by atoms with Crippen LogP contribution in [-0.4, -0.2) is 44.1 Å². The highest BCUT2D eigenvalue weighted by Crippen LogP contribution is 2.25. The second-order valence-electron chi connectivity index (χ2n) is 7.17. The van der Waals surface area contributed by atoms with Crippen molar-refractivity contribution >= 4 is 27.2 Å². The average molecular weight is 420 g/mol. The van der Waals surface area contributed by atoms with E-state index in [1.165, 1.54) is 11.8 Å². The number of aryl methyl sites for hydroxylation is 1. The molecule has 0 aromatic carbocycles. The smallest absolute Gasteiger partial charge is 0.258 e. The van der Waals surface area contributed by atoms with E-state index >= 15 is 0 Å². The first-order valence-electron chi connectivity index (χ1n) is 9.02. The Hall–Kier alpha value is -2.20. The van der Waals surface area contributed by atoms with Gasteiger partial charge in [0, 0.05) is 31.0 Å². The van der Waals surface area contributed by atoms with Gasteiger partial charge in [0.2, 0.25) is 0 Å². The summed E-state index contributed by atoms with van der Waals surface area (Å²) >= 11 is 1.46. The molecule has 148 valence electrons. The summed E-state index contributed by atoms with van der Waals surface area (Å²) in [5.74, 6) is 1.89. The van der Waals surface area contributed by atoms with Gasteiger partial charge in [-0.3, -0.25) is 9.20 Å². The number of nitrogens with zero attached hydrogens (tertiary/aromatic N) is 5. The molecule has 0 saturated carbocycles. The zero-order chi connectivity index (χ0) is 19.9. The fraction of sp³-hybridized carbons (Fsp3) is 0.444. The molecule has 1 atom stereocenters. The van der Waals surface area contributed by atoms with Crippen LogP contribution in [0.2, 0.25) is 0 Å². The van der Waals surface area contributed by atoms with Crippen molar-refractivity contribution in [1.82, 2.24) is 24.1 Å². The summed E-state index contributed by atoms with van der Waals surface area (Å²) in [4.78, 5) is 16.9. The van der Waals surface area contributed by atoms with Gasteiger partial charge in [-0.2, -0.15) is 0 Å². The molecular weight excluding hydrogens is 398 g/mol. The molecule has 8 nitrogen and oxygen atoms in total. The Bertz CT molecular complexity index is 1200. The monoisotopic (exact) mass is 419 g/mol. The van der Waals surface area contributed by atoms with Gasteiger partial charge in [-0.05, 0) is 31.4 Å². The summed E-state index contributed by atoms with van der Waals surface area (Å²) < 4.78 is 26.8. The fourth-order valence-corrected chi connectivity index (χ4v) is 6.20. The van der Waals surface area contributed by atoms with Gasteiger partial charge in [0.05, 0.1) is 17.2 Å². The summed E-state index contributed by atoms with van der Waals surface area (Å²) in [5, 5.41) is 9.18. The molecule has 1 aliphatic rings. The topological polar surface area (TPSA) is 99.2 Å². The zero-order valence-corrected chi connectivity index (χ0v) is 17.3. The predicted molar refractivity (Wildman–Crippen MR) is 107 cm³/mol. The molecule has 0 bridgehead atoms. The molecular formula is C18H21N5O3S2. The molecule has 1 aliphatic heterocycles. The zero-order valence-electron chi connectivity index (χ0n) is 15.7. The van der Waals surface area contributed by atoms with E-state index in [0.717, 1.165) is 16.7 Å². The second kappa shape index (κ2) is 7.32. The van der Waals surface area contributed by atoms with E-state index in [9.17, 15) is 13.2 Å². The molecule has 0 unspecified atom stereocenters. The number of aromatic nitrogens is 5. The standard InChI is InChI=1S/C18H21N5O3S2/c1-12-4-3-5-15-19-14(9-17(24)23(12)15)10-27-18-21-20-16(22(18)2)8-13-6-7-28(25,26)11-13/h3-5,9,13H,6-8,10-11H2,1-2H3/t13-/m1/s1. The maximum absolute atomic E-state index is 12.4. The first-order valence-corrected chi connectivity index (χ1v) is 11.8. The third kappa shape index (κ3) is 3.83. The van der Waals surface area contributed by atoms with Gasteiger partial charge in [-0.1, -0.05) is 17.8 Å². The maximum atomic E-state index is 12.4. The molecule has 4 rings (SSSR count). The minimum Gasteiger partial charge on any atom is -0.309 e. The van der Waals surface area contributed by atoms with Gasteiger partial charge in [-0.25, -0.2) is 13.4 Å². The van der Waals surface area contributed by atoms with E-state index in [1.807, 2.05) is 36.7 Å². The van der Waals surface area contributed by atoms with Crippen molar-refractivity contribution in [1.29, 1.82) is 0 Å². The molecule has 4 heterocycles. The number of hydrogen-bond donors (Lipinski definition) is 0. The van der Waals surface area contributed by atoms with Gasteiger partial charge < -0.3 is 4.57 Å². The number of rotatable bonds is 5. The van der Waals surface area contributed by atoms with E-state index in [1.54, 1.807) is 10.5 Å². The largest absolute Gasteiger partial charge is 0.309 e. The highest BCUT2D eigenvalue weighted by molar-refractivity contribution is 7.98. The molecule has 10 heteroatoms. The lowest BCUT2D eigenvalue weighted by Crippen LogP contribution is -2.17. The van der Waals surface area contributed by atoms with Crippen LogP contribution >= 0.6 is 11.8 Å². The summed E-state index contributed by atoms with van der Waals surface area (Å²) in [7, 11) is -1.01. The number of thioether (sulfide) groups is 1. The summed E-state index contributed by atoms with van der Waals surface area (Å²) in [6.07, 6.45) is 1.29. The quantitative estimate of drug-likeness (QED) is 0.576. The molecule has 28 heavy (non-hydrogen) atoms. The van der Waals surface area contributed by atoms with Gasteiger partial charge in [0.1, 0.15) is 11.5 Å². The van der Waals surface area contributed by atoms with Crippen LogP contribution in [0.3, 0.4) is 0 Å². The fourth-order valence-electron chi connectivity index (χ4n) is 3.52. The van der Waals surface area contributed by atoms with Crippen molar-refractivity contribution in [2.45, 2.75) is 30.7 Å². The van der Waals surface area contributed by atoms with E-state index < -0.39 is 9.84 Å². The first kappa shape index (κ1) is 19.1. The first-order chi connectivity index (χ1) is 13.3. The van der Waals surface area contributed by atoms with Crippen LogP contribution < -0.4 is 5.56 Å². The maximum Gasteiger partial charge on any atom is 0.258 e. The van der Waals surface area contributed by atoms with Crippen LogP contribution in [0.4, 0.5) is 0 Å². The average Bonchev–Trinajstić information content (AvgIpc) is 3.15. The molecule has 1 fully saturated rings. The highest BCUT2D eigenvalue weighted by Gasteiger charge is 2.29. The second-order valence-corrected chi connectivity index (χ2v) is 10.3. The van der Waals surface area contributed by atoms with Gasteiger partial charge in [-0.15, -0.1) is 10.2 Å². The highest BCUT2D eigenvalue weighted by atomic mass is 32.2. The van der Waals surface area contributed by atoms with Crippen LogP contribution in [0.1, 0.15) is 23.6 Å². The molecule has 3 aromatic heterocycles. The lowest BCUT2D eigenvalue weighted by atomic mass is 10.1. The van der Waals surface area contributed by atoms with Crippen LogP contribution in [0.25, 0.3) is 5.65 Å². The van der Waals surface area contributed by atoms with E-state index in [0.29, 0.717) is 29.9 Å². The van der Waals surface area contributed by atoms with E-state index in [4.69, 9.17) is 0 Å². The van der Waals surface area contributed by atoms with Gasteiger partial charge >= 0.3 is 0 Å². The molecule has 1 saturated heterocycles. The number of fused-ring (bicyclic) bond motifs is 1. The summed E-state index contributed by atoms with van der Waals surface area (Å²) in [6, 6.07) is 7.12. The number of pyridine rings is 1. The third-order valence-corrected chi connectivity index (χ3v) is 7.90. The number of sulfone groups is 1. The van der Waals surface area contributed by atoms with Crippen molar-refractivity contribution in [2.75, 3.05) is 11.5 Å². The Morgan fingerprint density at radius 3 is 2.86 bits per heavy atom. The van der Waals surface area contributed by atoms with E-state index in [-0.39, 0.29) is 23.0 Å². The molecule has 0 amide bonds. The Morgan fingerprint density at radius 2 is 2.11 bits per heavy atom. The van der Waals surface area contributed by atoms with Crippen LogP contribution in [-0.2, 0) is 29.1 Å². The van der Waals surface area contributed by atoms with Crippen molar-refractivity contribution in [2.24, 2.45) is 13.0 Å². The van der Waals surface area contributed by atoms with E-state index in [2.05, 4.69) is 15.2 Å². The van der Waals surface area contributed by atoms with Crippen molar-refractivity contribution in [3.05, 3.63) is 51.8 Å². The Morgan fingerprint density at radius 1 is 1.29 bits per heavy atom. The normalized spacial score (nSPS) is 18.7. The summed E-state index contributed by atoms with van der Waals surface area (Å²) in [5.41, 5.74) is 2.07. The minimum absolute atomic E-state index is 0.0974. The summed E-state index contributed by atoms with van der Waals surface area (Å²) in [6.45, 7) is 1.88. The van der Waals surface area contributed by atoms with Crippen molar-refractivity contribution in [3.63, 3.8) is 0 Å². The molecule has 0 aliphatic carbocycles. The lowest BCUT2D eigenvalue weighted by molar-refractivity contribution is 0.552. The van der Waals surface area contributed by atoms with Gasteiger partial charge in [0.15, 0.2) is 15.0 Å². The Kier molecular flexibility index (Phi) is 5.00. The van der Waals surface area contributed by atoms with Crippen molar-refractivity contribution in [3.8, 4) is 0 Å². The third-order valence-electron chi connectivity index (χ3n) is 5.01. The van der Waals surface area contributed by atoms with Crippen LogP contribution in [0.15, 0.2) is 34.2 Å². The number of hydrogen-bond acceptors (Lipinski definition) is 7. The van der Waals surface area contributed by atoms with Crippen LogP contribution in [0, 0.1) is 12.8 Å². The lowest BCUT2D eigenvalue weighted by Gasteiger charge is -2.08. The molecule has 0 radical (unpaired) electrons. The van der Waals surface area contributed by atoms with Crippen LogP contribution in [0.5, 0.6) is 0 Å². The Labute approximate surface area is 166 Å². The van der Waals surface area contributed by atoms with Gasteiger partial charge in [0.25, 0.3) is 5.56 Å². The predicted octanol–water partition coefficient (Wildman–Crippen LogP) is 1.40.